The Morgan fingerprint density at radius 2 is 1.90 bits per heavy atom. The van der Waals surface area contributed by atoms with Crippen molar-refractivity contribution in [3.8, 4) is 0 Å². The van der Waals surface area contributed by atoms with Crippen molar-refractivity contribution >= 4 is 11.6 Å². The molecular formula is C9H19Cl. The van der Waals surface area contributed by atoms with Gasteiger partial charge in [-0.05, 0) is 26.2 Å². The summed E-state index contributed by atoms with van der Waals surface area (Å²) in [6.45, 7) is 8.66. The van der Waals surface area contributed by atoms with Gasteiger partial charge in [0, 0.05) is 4.87 Å². The van der Waals surface area contributed by atoms with E-state index in [9.17, 15) is 0 Å². The summed E-state index contributed by atoms with van der Waals surface area (Å²) >= 11 is 6.06. The minimum absolute atomic E-state index is 0.00537. The van der Waals surface area contributed by atoms with E-state index in [0.29, 0.717) is 0 Å². The third-order valence-electron chi connectivity index (χ3n) is 1.62. The van der Waals surface area contributed by atoms with Crippen LogP contribution >= 0.6 is 11.6 Å². The van der Waals surface area contributed by atoms with Crippen molar-refractivity contribution in [3.63, 3.8) is 0 Å². The molecule has 0 saturated heterocycles. The number of hydrogen-bond donors (Lipinski definition) is 0. The minimum Gasteiger partial charge on any atom is -0.120 e. The lowest BCUT2D eigenvalue weighted by Gasteiger charge is -2.20. The Labute approximate surface area is 70.0 Å². The Bertz CT molecular complexity index is 81.2. The van der Waals surface area contributed by atoms with Crippen molar-refractivity contribution in [2.45, 2.75) is 51.8 Å². The van der Waals surface area contributed by atoms with Gasteiger partial charge in [-0.15, -0.1) is 11.6 Å². The Morgan fingerprint density at radius 1 is 1.40 bits per heavy atom. The zero-order valence-corrected chi connectivity index (χ0v) is 8.33. The molecule has 10 heavy (non-hydrogen) atoms. The molecule has 0 aromatic rings. The molecule has 0 heterocycles. The van der Waals surface area contributed by atoms with Crippen molar-refractivity contribution < 1.29 is 0 Å². The van der Waals surface area contributed by atoms with Gasteiger partial charge in [0.05, 0.1) is 0 Å². The van der Waals surface area contributed by atoms with E-state index in [2.05, 4.69) is 27.7 Å². The molecule has 0 nitrogen and oxygen atoms in total. The topological polar surface area (TPSA) is 0 Å². The average molecular weight is 163 g/mol. The molecule has 0 N–H and O–H groups in total. The van der Waals surface area contributed by atoms with Gasteiger partial charge in [-0.2, -0.15) is 0 Å². The molecule has 0 rings (SSSR count). The zero-order chi connectivity index (χ0) is 8.20. The molecule has 0 radical (unpaired) electrons. The highest BCUT2D eigenvalue weighted by molar-refractivity contribution is 6.23. The fourth-order valence-electron chi connectivity index (χ4n) is 1.42. The molecule has 0 saturated carbocycles. The van der Waals surface area contributed by atoms with Crippen LogP contribution in [0.25, 0.3) is 0 Å². The molecular weight excluding hydrogens is 144 g/mol. The van der Waals surface area contributed by atoms with Crippen LogP contribution in [0.15, 0.2) is 0 Å². The lowest BCUT2D eigenvalue weighted by Crippen LogP contribution is -2.14. The molecule has 62 valence electrons. The van der Waals surface area contributed by atoms with E-state index in [1.807, 2.05) is 0 Å². The van der Waals surface area contributed by atoms with E-state index in [0.717, 1.165) is 12.3 Å². The van der Waals surface area contributed by atoms with Crippen LogP contribution in [0.3, 0.4) is 0 Å². The average Bonchev–Trinajstić information content (AvgIpc) is 1.59. The van der Waals surface area contributed by atoms with Crippen LogP contribution in [-0.4, -0.2) is 4.87 Å². The molecule has 1 unspecified atom stereocenters. The van der Waals surface area contributed by atoms with Gasteiger partial charge in [-0.3, -0.25) is 0 Å². The first-order valence-corrected chi connectivity index (χ1v) is 4.52. The lowest BCUT2D eigenvalue weighted by atomic mass is 9.94. The fraction of sp³-hybridized carbons (Fsp3) is 1.00. The number of hydrogen-bond acceptors (Lipinski definition) is 0. The lowest BCUT2D eigenvalue weighted by molar-refractivity contribution is 0.431. The molecule has 0 aromatic carbocycles. The Balaban J connectivity index is 3.47. The first-order chi connectivity index (χ1) is 4.45. The quantitative estimate of drug-likeness (QED) is 0.552. The normalized spacial score (nSPS) is 15.3. The second kappa shape index (κ2) is 4.23. The highest BCUT2D eigenvalue weighted by Crippen LogP contribution is 2.25. The monoisotopic (exact) mass is 162 g/mol. The van der Waals surface area contributed by atoms with Crippen molar-refractivity contribution in [1.82, 2.24) is 0 Å². The summed E-state index contributed by atoms with van der Waals surface area (Å²) in [5.41, 5.74) is 0. The van der Waals surface area contributed by atoms with E-state index >= 15 is 0 Å². The van der Waals surface area contributed by atoms with Gasteiger partial charge >= 0.3 is 0 Å². The van der Waals surface area contributed by atoms with E-state index in [4.69, 9.17) is 11.6 Å². The molecule has 0 aliphatic rings. The van der Waals surface area contributed by atoms with Crippen LogP contribution in [0, 0.1) is 5.92 Å². The van der Waals surface area contributed by atoms with Crippen LogP contribution in [-0.2, 0) is 0 Å². The van der Waals surface area contributed by atoms with Crippen LogP contribution in [0.1, 0.15) is 47.0 Å². The van der Waals surface area contributed by atoms with E-state index in [-0.39, 0.29) is 4.87 Å². The summed E-state index contributed by atoms with van der Waals surface area (Å²) in [6.07, 6.45) is 3.70. The van der Waals surface area contributed by atoms with Gasteiger partial charge in [-0.1, -0.05) is 26.7 Å². The standard InChI is InChI=1S/C9H19Cl/c1-5-6-8(2)7-9(3,4)10/h8H,5-7H2,1-4H3. The van der Waals surface area contributed by atoms with Gasteiger partial charge in [0.2, 0.25) is 0 Å². The second-order valence-electron chi connectivity index (χ2n) is 3.82. The first-order valence-electron chi connectivity index (χ1n) is 4.14. The molecule has 0 spiro atoms. The first kappa shape index (κ1) is 10.3. The summed E-state index contributed by atoms with van der Waals surface area (Å²) in [5.74, 6) is 0.775. The molecule has 1 atom stereocenters. The maximum atomic E-state index is 6.06. The zero-order valence-electron chi connectivity index (χ0n) is 7.58. The van der Waals surface area contributed by atoms with Crippen molar-refractivity contribution in [2.24, 2.45) is 5.92 Å². The summed E-state index contributed by atoms with van der Waals surface area (Å²) in [6, 6.07) is 0. The third-order valence-corrected chi connectivity index (χ3v) is 1.77. The molecule has 1 heteroatoms. The van der Waals surface area contributed by atoms with Crippen LogP contribution in [0.5, 0.6) is 0 Å². The Morgan fingerprint density at radius 3 is 2.20 bits per heavy atom. The molecule has 0 amide bonds. The highest BCUT2D eigenvalue weighted by atomic mass is 35.5. The molecule has 0 bridgehead atoms. The Hall–Kier alpha value is 0.290. The molecule has 0 aromatic heterocycles. The Kier molecular flexibility index (Phi) is 4.35. The molecule has 0 aliphatic heterocycles. The fourth-order valence-corrected chi connectivity index (χ4v) is 1.69. The van der Waals surface area contributed by atoms with Crippen LogP contribution in [0.4, 0.5) is 0 Å². The van der Waals surface area contributed by atoms with E-state index in [1.54, 1.807) is 0 Å². The van der Waals surface area contributed by atoms with Crippen molar-refractivity contribution in [2.75, 3.05) is 0 Å². The van der Waals surface area contributed by atoms with E-state index in [1.165, 1.54) is 12.8 Å². The minimum atomic E-state index is -0.00537. The summed E-state index contributed by atoms with van der Waals surface area (Å²) in [7, 11) is 0. The second-order valence-corrected chi connectivity index (χ2v) is 4.84. The summed E-state index contributed by atoms with van der Waals surface area (Å²) in [4.78, 5) is -0.00537. The van der Waals surface area contributed by atoms with Crippen molar-refractivity contribution in [1.29, 1.82) is 0 Å². The van der Waals surface area contributed by atoms with Gasteiger partial charge in [0.1, 0.15) is 0 Å². The largest absolute Gasteiger partial charge is 0.120 e. The van der Waals surface area contributed by atoms with Crippen LogP contribution < -0.4 is 0 Å². The predicted molar refractivity (Wildman–Crippen MR) is 48.6 cm³/mol. The van der Waals surface area contributed by atoms with Gasteiger partial charge < -0.3 is 0 Å². The van der Waals surface area contributed by atoms with Crippen molar-refractivity contribution in [3.05, 3.63) is 0 Å². The predicted octanol–water partition coefficient (Wildman–Crippen LogP) is 3.83. The van der Waals surface area contributed by atoms with Gasteiger partial charge in [0.15, 0.2) is 0 Å². The number of alkyl halides is 1. The third kappa shape index (κ3) is 6.41. The summed E-state index contributed by atoms with van der Waals surface area (Å²) in [5, 5.41) is 0. The SMILES string of the molecule is CCCC(C)CC(C)(C)Cl. The van der Waals surface area contributed by atoms with E-state index < -0.39 is 0 Å². The van der Waals surface area contributed by atoms with Gasteiger partial charge in [0.25, 0.3) is 0 Å². The van der Waals surface area contributed by atoms with Crippen LogP contribution in [0.2, 0.25) is 0 Å². The highest BCUT2D eigenvalue weighted by Gasteiger charge is 2.16. The smallest absolute Gasteiger partial charge is 0.0393 e. The summed E-state index contributed by atoms with van der Waals surface area (Å²) < 4.78 is 0. The number of halogens is 1. The molecule has 0 fully saturated rings. The molecule has 0 aliphatic carbocycles. The number of rotatable bonds is 4. The maximum Gasteiger partial charge on any atom is 0.0393 e. The van der Waals surface area contributed by atoms with Gasteiger partial charge in [-0.25, -0.2) is 0 Å². The maximum absolute atomic E-state index is 6.06.